The van der Waals surface area contributed by atoms with E-state index in [1.807, 2.05) is 19.1 Å². The molecule has 0 saturated heterocycles. The Balaban J connectivity index is 3.02. The fourth-order valence-electron chi connectivity index (χ4n) is 0.834. The third kappa shape index (κ3) is 1.62. The molecule has 0 aliphatic carbocycles. The van der Waals surface area contributed by atoms with Gasteiger partial charge in [0.15, 0.2) is 5.75 Å². The highest BCUT2D eigenvalue weighted by molar-refractivity contribution is 5.39. The molecular weight excluding hydrogens is 142 g/mol. The average molecular weight is 153 g/mol. The van der Waals surface area contributed by atoms with Crippen LogP contribution in [0.5, 0.6) is 11.5 Å². The summed E-state index contributed by atoms with van der Waals surface area (Å²) in [5.41, 5.74) is 0.994. The zero-order valence-corrected chi connectivity index (χ0v) is 6.63. The third-order valence-electron chi connectivity index (χ3n) is 1.52. The van der Waals surface area contributed by atoms with Gasteiger partial charge in [-0.25, -0.2) is 0 Å². The van der Waals surface area contributed by atoms with Crippen LogP contribution in [-0.4, -0.2) is 7.11 Å². The molecule has 0 heterocycles. The van der Waals surface area contributed by atoms with Crippen molar-refractivity contribution in [2.45, 2.75) is 6.92 Å². The lowest BCUT2D eigenvalue weighted by molar-refractivity contribution is 0.328. The van der Waals surface area contributed by atoms with Gasteiger partial charge in [-0.1, -0.05) is 6.07 Å². The molecule has 0 fully saturated rings. The maximum absolute atomic E-state index is 5.02. The molecule has 3 heteroatoms. The molecule has 0 unspecified atom stereocenters. The lowest BCUT2D eigenvalue weighted by Crippen LogP contribution is -2.03. The van der Waals surface area contributed by atoms with Gasteiger partial charge in [0.05, 0.1) is 7.11 Å². The van der Waals surface area contributed by atoms with E-state index in [-0.39, 0.29) is 0 Å². The summed E-state index contributed by atoms with van der Waals surface area (Å²) in [5, 5.41) is 0. The number of methoxy groups -OCH3 is 1. The van der Waals surface area contributed by atoms with Gasteiger partial charge in [-0.05, 0) is 18.6 Å². The summed E-state index contributed by atoms with van der Waals surface area (Å²) in [5.74, 6) is 6.41. The van der Waals surface area contributed by atoms with Crippen LogP contribution in [0.2, 0.25) is 0 Å². The Kier molecular flexibility index (Phi) is 2.33. The number of benzene rings is 1. The molecule has 0 radical (unpaired) electrons. The molecule has 0 bridgehead atoms. The van der Waals surface area contributed by atoms with Crippen molar-refractivity contribution in [3.8, 4) is 11.5 Å². The monoisotopic (exact) mass is 153 g/mol. The Labute approximate surface area is 65.7 Å². The first-order chi connectivity index (χ1) is 5.27. The molecule has 0 amide bonds. The molecule has 1 aromatic carbocycles. The topological polar surface area (TPSA) is 44.5 Å². The van der Waals surface area contributed by atoms with E-state index >= 15 is 0 Å². The molecule has 11 heavy (non-hydrogen) atoms. The number of hydrogen-bond acceptors (Lipinski definition) is 3. The van der Waals surface area contributed by atoms with Gasteiger partial charge in [-0.2, -0.15) is 5.90 Å². The van der Waals surface area contributed by atoms with Crippen molar-refractivity contribution >= 4 is 0 Å². The third-order valence-corrected chi connectivity index (χ3v) is 1.52. The van der Waals surface area contributed by atoms with Gasteiger partial charge in [0.2, 0.25) is 0 Å². The first kappa shape index (κ1) is 7.88. The van der Waals surface area contributed by atoms with E-state index in [9.17, 15) is 0 Å². The van der Waals surface area contributed by atoms with E-state index in [0.29, 0.717) is 5.75 Å². The van der Waals surface area contributed by atoms with E-state index in [2.05, 4.69) is 4.84 Å². The Morgan fingerprint density at radius 3 is 2.64 bits per heavy atom. The van der Waals surface area contributed by atoms with Crippen LogP contribution in [0.15, 0.2) is 18.2 Å². The molecule has 0 spiro atoms. The minimum Gasteiger partial charge on any atom is -0.497 e. The quantitative estimate of drug-likeness (QED) is 0.650. The van der Waals surface area contributed by atoms with E-state index in [1.54, 1.807) is 13.2 Å². The van der Waals surface area contributed by atoms with E-state index in [1.165, 1.54) is 0 Å². The second-order valence-corrected chi connectivity index (χ2v) is 2.25. The minimum absolute atomic E-state index is 0.643. The average Bonchev–Trinajstić information content (AvgIpc) is 2.05. The second-order valence-electron chi connectivity index (χ2n) is 2.25. The molecule has 0 atom stereocenters. The van der Waals surface area contributed by atoms with Gasteiger partial charge in [0.1, 0.15) is 5.75 Å². The molecule has 0 aromatic heterocycles. The first-order valence-corrected chi connectivity index (χ1v) is 3.29. The summed E-state index contributed by atoms with van der Waals surface area (Å²) in [7, 11) is 1.60. The number of rotatable bonds is 2. The van der Waals surface area contributed by atoms with Gasteiger partial charge in [-0.15, -0.1) is 0 Å². The van der Waals surface area contributed by atoms with Gasteiger partial charge < -0.3 is 9.57 Å². The van der Waals surface area contributed by atoms with Crippen molar-refractivity contribution in [2.75, 3.05) is 7.11 Å². The number of ether oxygens (including phenoxy) is 1. The lowest BCUT2D eigenvalue weighted by Gasteiger charge is -2.04. The van der Waals surface area contributed by atoms with Crippen LogP contribution in [0.4, 0.5) is 0 Å². The predicted molar refractivity (Wildman–Crippen MR) is 42.5 cm³/mol. The summed E-state index contributed by atoms with van der Waals surface area (Å²) in [6, 6.07) is 5.49. The maximum atomic E-state index is 5.02. The molecule has 0 aliphatic rings. The van der Waals surface area contributed by atoms with E-state index in [0.717, 1.165) is 11.3 Å². The fourth-order valence-corrected chi connectivity index (χ4v) is 0.834. The van der Waals surface area contributed by atoms with E-state index < -0.39 is 0 Å². The zero-order chi connectivity index (χ0) is 8.27. The lowest BCUT2D eigenvalue weighted by atomic mass is 10.2. The van der Waals surface area contributed by atoms with Crippen LogP contribution in [0.25, 0.3) is 0 Å². The summed E-state index contributed by atoms with van der Waals surface area (Å²) < 4.78 is 4.98. The molecule has 0 saturated carbocycles. The van der Waals surface area contributed by atoms with Crippen LogP contribution in [0.1, 0.15) is 5.56 Å². The van der Waals surface area contributed by atoms with Crippen LogP contribution in [0.3, 0.4) is 0 Å². The second kappa shape index (κ2) is 3.25. The summed E-state index contributed by atoms with van der Waals surface area (Å²) in [6.07, 6.45) is 0. The Morgan fingerprint density at radius 2 is 2.09 bits per heavy atom. The van der Waals surface area contributed by atoms with Gasteiger partial charge >= 0.3 is 0 Å². The fraction of sp³-hybridized carbons (Fsp3) is 0.250. The van der Waals surface area contributed by atoms with Crippen LogP contribution in [-0.2, 0) is 0 Å². The highest BCUT2D eigenvalue weighted by atomic mass is 16.6. The SMILES string of the molecule is COc1ccc(C)c(ON)c1. The van der Waals surface area contributed by atoms with Gasteiger partial charge in [-0.3, -0.25) is 0 Å². The van der Waals surface area contributed by atoms with Crippen molar-refractivity contribution in [1.29, 1.82) is 0 Å². The number of hydrogen-bond donors (Lipinski definition) is 1. The Hall–Kier alpha value is -1.22. The molecule has 0 aliphatic heterocycles. The number of aryl methyl sites for hydroxylation is 1. The molecule has 3 nitrogen and oxygen atoms in total. The highest BCUT2D eigenvalue weighted by Gasteiger charge is 1.99. The van der Waals surface area contributed by atoms with E-state index in [4.69, 9.17) is 10.6 Å². The van der Waals surface area contributed by atoms with Crippen LogP contribution >= 0.6 is 0 Å². The predicted octanol–water partition coefficient (Wildman–Crippen LogP) is 1.26. The van der Waals surface area contributed by atoms with Crippen molar-refractivity contribution in [2.24, 2.45) is 5.90 Å². The normalized spacial score (nSPS) is 9.36. The standard InChI is InChI=1S/C8H11NO2/c1-6-3-4-7(10-2)5-8(6)11-9/h3-5H,9H2,1-2H3. The Morgan fingerprint density at radius 1 is 1.36 bits per heavy atom. The van der Waals surface area contributed by atoms with Crippen molar-refractivity contribution in [3.05, 3.63) is 23.8 Å². The van der Waals surface area contributed by atoms with Crippen LogP contribution in [0, 0.1) is 6.92 Å². The molecule has 60 valence electrons. The first-order valence-electron chi connectivity index (χ1n) is 3.29. The van der Waals surface area contributed by atoms with Crippen molar-refractivity contribution in [3.63, 3.8) is 0 Å². The number of nitrogens with two attached hydrogens (primary N) is 1. The molecular formula is C8H11NO2. The highest BCUT2D eigenvalue weighted by Crippen LogP contribution is 2.22. The largest absolute Gasteiger partial charge is 0.497 e. The zero-order valence-electron chi connectivity index (χ0n) is 6.63. The molecule has 2 N–H and O–H groups in total. The molecule has 1 rings (SSSR count). The Bertz CT molecular complexity index is 248. The van der Waals surface area contributed by atoms with Crippen molar-refractivity contribution < 1.29 is 9.57 Å². The van der Waals surface area contributed by atoms with Crippen LogP contribution < -0.4 is 15.5 Å². The summed E-state index contributed by atoms with van der Waals surface area (Å²) in [6.45, 7) is 1.92. The minimum atomic E-state index is 0.643. The summed E-state index contributed by atoms with van der Waals surface area (Å²) in [4.78, 5) is 4.61. The van der Waals surface area contributed by atoms with Gasteiger partial charge in [0, 0.05) is 6.07 Å². The van der Waals surface area contributed by atoms with Gasteiger partial charge in [0.25, 0.3) is 0 Å². The molecule has 1 aromatic rings. The van der Waals surface area contributed by atoms with Crippen molar-refractivity contribution in [1.82, 2.24) is 0 Å². The smallest absolute Gasteiger partial charge is 0.153 e. The maximum Gasteiger partial charge on any atom is 0.153 e. The summed E-state index contributed by atoms with van der Waals surface area (Å²) >= 11 is 0.